The summed E-state index contributed by atoms with van der Waals surface area (Å²) in [6, 6.07) is 5.65. The van der Waals surface area contributed by atoms with Crippen molar-refractivity contribution in [1.82, 2.24) is 9.62 Å². The van der Waals surface area contributed by atoms with Crippen LogP contribution in [0.2, 0.25) is 0 Å². The van der Waals surface area contributed by atoms with Crippen LogP contribution in [0, 0.1) is 5.92 Å². The van der Waals surface area contributed by atoms with Gasteiger partial charge in [-0.2, -0.15) is 4.31 Å². The molecule has 1 aromatic rings. The molecular formula is C15H22N2O2S. The first-order valence-corrected chi connectivity index (χ1v) is 8.77. The summed E-state index contributed by atoms with van der Waals surface area (Å²) < 4.78 is 27.4. The van der Waals surface area contributed by atoms with Crippen molar-refractivity contribution >= 4 is 10.0 Å². The molecule has 3 rings (SSSR count). The van der Waals surface area contributed by atoms with Gasteiger partial charge >= 0.3 is 0 Å². The van der Waals surface area contributed by atoms with Gasteiger partial charge < -0.3 is 5.32 Å². The van der Waals surface area contributed by atoms with Gasteiger partial charge in [-0.15, -0.1) is 0 Å². The molecule has 1 N–H and O–H groups in total. The average molecular weight is 294 g/mol. The lowest BCUT2D eigenvalue weighted by atomic mass is 9.97. The van der Waals surface area contributed by atoms with Crippen LogP contribution >= 0.6 is 0 Å². The summed E-state index contributed by atoms with van der Waals surface area (Å²) in [5, 5.41) is 3.25. The number of fused-ring (bicyclic) bond motifs is 1. The Labute approximate surface area is 121 Å². The molecule has 0 spiro atoms. The number of nitrogens with zero attached hydrogens (tertiary/aromatic N) is 1. The van der Waals surface area contributed by atoms with Crippen LogP contribution in [0.5, 0.6) is 0 Å². The van der Waals surface area contributed by atoms with Gasteiger partial charge in [0.2, 0.25) is 10.0 Å². The lowest BCUT2D eigenvalue weighted by Gasteiger charge is -2.35. The van der Waals surface area contributed by atoms with Gasteiger partial charge in [0.25, 0.3) is 0 Å². The van der Waals surface area contributed by atoms with Gasteiger partial charge in [0.15, 0.2) is 0 Å². The molecule has 1 saturated heterocycles. The fourth-order valence-corrected chi connectivity index (χ4v) is 4.98. The van der Waals surface area contributed by atoms with Crippen LogP contribution < -0.4 is 5.32 Å². The number of piperidine rings is 1. The third-order valence-electron chi connectivity index (χ3n) is 4.48. The number of sulfonamides is 1. The molecule has 2 aliphatic heterocycles. The van der Waals surface area contributed by atoms with Gasteiger partial charge in [-0.3, -0.25) is 0 Å². The van der Waals surface area contributed by atoms with E-state index in [4.69, 9.17) is 0 Å². The van der Waals surface area contributed by atoms with E-state index in [1.54, 1.807) is 10.4 Å². The second kappa shape index (κ2) is 5.13. The smallest absolute Gasteiger partial charge is 0.243 e. The highest BCUT2D eigenvalue weighted by Crippen LogP contribution is 2.29. The maximum atomic E-state index is 12.8. The van der Waals surface area contributed by atoms with Gasteiger partial charge in [0.05, 0.1) is 4.90 Å². The summed E-state index contributed by atoms with van der Waals surface area (Å²) in [5.74, 6) is 0.442. The molecule has 2 aliphatic rings. The first-order chi connectivity index (χ1) is 9.48. The van der Waals surface area contributed by atoms with Crippen LogP contribution in [0.1, 0.15) is 37.8 Å². The average Bonchev–Trinajstić information content (AvgIpc) is 2.88. The Kier molecular flexibility index (Phi) is 3.60. The first-order valence-electron chi connectivity index (χ1n) is 7.33. The second-order valence-electron chi connectivity index (χ2n) is 6.14. The predicted molar refractivity (Wildman–Crippen MR) is 78.7 cm³/mol. The summed E-state index contributed by atoms with van der Waals surface area (Å²) in [5.41, 5.74) is 2.33. The Morgan fingerprint density at radius 1 is 1.15 bits per heavy atom. The number of nitrogens with one attached hydrogen (secondary N) is 1. The minimum absolute atomic E-state index is 0.0996. The summed E-state index contributed by atoms with van der Waals surface area (Å²) in [6.45, 7) is 6.38. The lowest BCUT2D eigenvalue weighted by Crippen LogP contribution is -2.44. The highest BCUT2D eigenvalue weighted by atomic mass is 32.2. The maximum absolute atomic E-state index is 12.8. The van der Waals surface area contributed by atoms with Crippen molar-refractivity contribution in [3.05, 3.63) is 29.3 Å². The van der Waals surface area contributed by atoms with E-state index in [9.17, 15) is 8.42 Å². The van der Waals surface area contributed by atoms with Crippen LogP contribution in [0.4, 0.5) is 0 Å². The summed E-state index contributed by atoms with van der Waals surface area (Å²) >= 11 is 0. The van der Waals surface area contributed by atoms with Crippen molar-refractivity contribution in [1.29, 1.82) is 0 Å². The normalized spacial score (nSPS) is 27.5. The van der Waals surface area contributed by atoms with Crippen molar-refractivity contribution in [3.8, 4) is 0 Å². The van der Waals surface area contributed by atoms with Crippen molar-refractivity contribution in [2.75, 3.05) is 6.54 Å². The molecule has 110 valence electrons. The molecular weight excluding hydrogens is 272 g/mol. The number of rotatable bonds is 2. The van der Waals surface area contributed by atoms with E-state index in [-0.39, 0.29) is 6.04 Å². The molecule has 5 heteroatoms. The quantitative estimate of drug-likeness (QED) is 0.909. The van der Waals surface area contributed by atoms with Crippen LogP contribution in [0.25, 0.3) is 0 Å². The molecule has 0 aliphatic carbocycles. The van der Waals surface area contributed by atoms with Gasteiger partial charge in [-0.25, -0.2) is 8.42 Å². The summed E-state index contributed by atoms with van der Waals surface area (Å²) in [4.78, 5) is 0.445. The zero-order chi connectivity index (χ0) is 14.3. The Morgan fingerprint density at radius 2 is 1.90 bits per heavy atom. The summed E-state index contributed by atoms with van der Waals surface area (Å²) in [7, 11) is -3.36. The van der Waals surface area contributed by atoms with Gasteiger partial charge in [-0.05, 0) is 48.9 Å². The number of benzene rings is 1. The highest BCUT2D eigenvalue weighted by molar-refractivity contribution is 7.89. The van der Waals surface area contributed by atoms with E-state index in [1.807, 2.05) is 19.1 Å². The van der Waals surface area contributed by atoms with Gasteiger partial charge in [0, 0.05) is 25.7 Å². The highest BCUT2D eigenvalue weighted by Gasteiger charge is 2.33. The van der Waals surface area contributed by atoms with E-state index in [0.717, 1.165) is 31.5 Å². The van der Waals surface area contributed by atoms with Crippen LogP contribution in [-0.2, 0) is 23.1 Å². The van der Waals surface area contributed by atoms with Gasteiger partial charge in [0.1, 0.15) is 0 Å². The fourth-order valence-electron chi connectivity index (χ4n) is 3.15. The minimum atomic E-state index is -3.36. The Morgan fingerprint density at radius 3 is 2.70 bits per heavy atom. The molecule has 0 bridgehead atoms. The first kappa shape index (κ1) is 14.0. The Bertz CT molecular complexity index is 612. The lowest BCUT2D eigenvalue weighted by molar-refractivity contribution is 0.218. The topological polar surface area (TPSA) is 49.4 Å². The predicted octanol–water partition coefficient (Wildman–Crippen LogP) is 2.10. The van der Waals surface area contributed by atoms with Crippen molar-refractivity contribution in [3.63, 3.8) is 0 Å². The van der Waals surface area contributed by atoms with E-state index >= 15 is 0 Å². The van der Waals surface area contributed by atoms with Crippen LogP contribution in [0.15, 0.2) is 23.1 Å². The molecule has 2 heterocycles. The zero-order valence-electron chi connectivity index (χ0n) is 12.1. The van der Waals surface area contributed by atoms with E-state index in [2.05, 4.69) is 12.2 Å². The molecule has 0 radical (unpaired) electrons. The molecule has 1 fully saturated rings. The van der Waals surface area contributed by atoms with Crippen LogP contribution in [0.3, 0.4) is 0 Å². The SMILES string of the molecule is CC1CCC(C)N(S(=O)(=O)c2ccc3c(c2)CNC3)C1. The largest absolute Gasteiger partial charge is 0.309 e. The maximum Gasteiger partial charge on any atom is 0.243 e. The van der Waals surface area contributed by atoms with Crippen LogP contribution in [-0.4, -0.2) is 25.3 Å². The third kappa shape index (κ3) is 2.38. The molecule has 20 heavy (non-hydrogen) atoms. The van der Waals surface area contributed by atoms with Crippen molar-refractivity contribution in [2.45, 2.75) is 50.7 Å². The molecule has 4 nitrogen and oxygen atoms in total. The van der Waals surface area contributed by atoms with Gasteiger partial charge in [-0.1, -0.05) is 13.0 Å². The molecule has 2 atom stereocenters. The minimum Gasteiger partial charge on any atom is -0.309 e. The van der Waals surface area contributed by atoms with Crippen molar-refractivity contribution in [2.24, 2.45) is 5.92 Å². The third-order valence-corrected chi connectivity index (χ3v) is 6.45. The molecule has 0 saturated carbocycles. The summed E-state index contributed by atoms with van der Waals surface area (Å²) in [6.07, 6.45) is 2.06. The Balaban J connectivity index is 1.95. The molecule has 0 aromatic heterocycles. The molecule has 2 unspecified atom stereocenters. The standard InChI is InChI=1S/C15H22N2O2S/c1-11-3-4-12(2)17(10-11)20(18,19)15-6-5-13-8-16-9-14(13)7-15/h5-7,11-12,16H,3-4,8-10H2,1-2H3. The monoisotopic (exact) mass is 294 g/mol. The second-order valence-corrected chi connectivity index (χ2v) is 8.03. The molecule has 0 amide bonds. The van der Waals surface area contributed by atoms with E-state index < -0.39 is 10.0 Å². The fraction of sp³-hybridized carbons (Fsp3) is 0.600. The zero-order valence-corrected chi connectivity index (χ0v) is 12.9. The number of hydrogen-bond donors (Lipinski definition) is 1. The Hall–Kier alpha value is -0.910. The number of hydrogen-bond acceptors (Lipinski definition) is 3. The van der Waals surface area contributed by atoms with Crippen molar-refractivity contribution < 1.29 is 8.42 Å². The van der Waals surface area contributed by atoms with E-state index in [1.165, 1.54) is 5.56 Å². The van der Waals surface area contributed by atoms with E-state index in [0.29, 0.717) is 17.4 Å². The molecule has 1 aromatic carbocycles.